The average molecular weight is 365 g/mol. The summed E-state index contributed by atoms with van der Waals surface area (Å²) < 4.78 is 45.7. The van der Waals surface area contributed by atoms with Crippen LogP contribution >= 0.6 is 0 Å². The number of methoxy groups -OCH3 is 1. The maximum Gasteiger partial charge on any atom is 0.438 e. The Kier molecular flexibility index (Phi) is 4.41. The summed E-state index contributed by atoms with van der Waals surface area (Å²) in [7, 11) is 1.42. The van der Waals surface area contributed by atoms with Gasteiger partial charge in [-0.3, -0.25) is 9.78 Å². The van der Waals surface area contributed by atoms with Gasteiger partial charge in [-0.2, -0.15) is 23.3 Å². The number of rotatable bonds is 3. The van der Waals surface area contributed by atoms with Crippen molar-refractivity contribution >= 4 is 11.6 Å². The molecule has 0 bridgehead atoms. The molecule has 0 fully saturated rings. The molecule has 0 unspecified atom stereocenters. The molecule has 9 heteroatoms. The molecule has 1 aliphatic heterocycles. The summed E-state index contributed by atoms with van der Waals surface area (Å²) in [4.78, 5) is 16.2. The van der Waals surface area contributed by atoms with Gasteiger partial charge in [-0.25, -0.2) is 0 Å². The predicted octanol–water partition coefficient (Wildman–Crippen LogP) is 2.59. The van der Waals surface area contributed by atoms with E-state index in [1.165, 1.54) is 37.6 Å². The van der Waals surface area contributed by atoms with Crippen LogP contribution in [0.4, 0.5) is 13.2 Å². The number of pyridine rings is 1. The highest BCUT2D eigenvalue weighted by molar-refractivity contribution is 6.05. The highest BCUT2D eigenvalue weighted by Gasteiger charge is 2.63. The number of alkyl halides is 3. The topological polar surface area (TPSA) is 75.0 Å². The Morgan fingerprint density at radius 3 is 2.69 bits per heavy atom. The number of carbonyl (C=O) groups excluding carboxylic acids is 1. The molecule has 1 atom stereocenters. The SMILES string of the molecule is COc1cccc(C2=NN(C(=O)c3cccnc3)[C@@](O)(C(F)(F)F)C2)c1. The van der Waals surface area contributed by atoms with Gasteiger partial charge in [0.1, 0.15) is 5.75 Å². The number of hydrogen-bond acceptors (Lipinski definition) is 5. The molecule has 1 aromatic carbocycles. The van der Waals surface area contributed by atoms with Gasteiger partial charge in [0, 0.05) is 18.0 Å². The number of ether oxygens (including phenoxy) is 1. The highest BCUT2D eigenvalue weighted by atomic mass is 19.4. The zero-order valence-corrected chi connectivity index (χ0v) is 13.6. The molecule has 0 spiro atoms. The standard InChI is InChI=1S/C17H14F3N3O3/c1-26-13-6-2-4-11(8-13)14-9-16(25,17(18,19)20)23(22-14)15(24)12-5-3-7-21-10-12/h2-8,10,25H,9H2,1H3/t16-/m0/s1. The summed E-state index contributed by atoms with van der Waals surface area (Å²) in [6, 6.07) is 8.90. The van der Waals surface area contributed by atoms with E-state index < -0.39 is 24.2 Å². The minimum absolute atomic E-state index is 0.0683. The average Bonchev–Trinajstić information content (AvgIpc) is 3.01. The zero-order valence-electron chi connectivity index (χ0n) is 13.6. The van der Waals surface area contributed by atoms with Crippen molar-refractivity contribution in [2.24, 2.45) is 5.10 Å². The molecule has 1 amide bonds. The van der Waals surface area contributed by atoms with Gasteiger partial charge in [-0.15, -0.1) is 0 Å². The third kappa shape index (κ3) is 3.01. The second-order valence-electron chi connectivity index (χ2n) is 5.63. The smallest absolute Gasteiger partial charge is 0.438 e. The zero-order chi connectivity index (χ0) is 18.9. The van der Waals surface area contributed by atoms with E-state index in [0.29, 0.717) is 11.3 Å². The Morgan fingerprint density at radius 2 is 2.08 bits per heavy atom. The maximum absolute atomic E-state index is 13.5. The van der Waals surface area contributed by atoms with Crippen LogP contribution in [-0.2, 0) is 0 Å². The first-order chi connectivity index (χ1) is 12.3. The molecule has 26 heavy (non-hydrogen) atoms. The number of carbonyl (C=O) groups is 1. The van der Waals surface area contributed by atoms with Crippen molar-refractivity contribution in [2.75, 3.05) is 7.11 Å². The molecule has 2 aromatic rings. The molecular formula is C17H14F3N3O3. The van der Waals surface area contributed by atoms with Gasteiger partial charge in [0.25, 0.3) is 11.6 Å². The fraction of sp³-hybridized carbons (Fsp3) is 0.235. The number of benzene rings is 1. The Bertz CT molecular complexity index is 855. The minimum Gasteiger partial charge on any atom is -0.497 e. The summed E-state index contributed by atoms with van der Waals surface area (Å²) >= 11 is 0. The fourth-order valence-corrected chi connectivity index (χ4v) is 2.55. The van der Waals surface area contributed by atoms with Crippen LogP contribution in [0.3, 0.4) is 0 Å². The number of nitrogens with zero attached hydrogens (tertiary/aromatic N) is 3. The summed E-state index contributed by atoms with van der Waals surface area (Å²) in [6.07, 6.45) is -3.51. The van der Waals surface area contributed by atoms with Crippen LogP contribution in [0.15, 0.2) is 53.9 Å². The molecule has 136 valence electrons. The van der Waals surface area contributed by atoms with E-state index in [4.69, 9.17) is 4.74 Å². The van der Waals surface area contributed by atoms with E-state index in [-0.39, 0.29) is 16.3 Å². The molecule has 0 radical (unpaired) electrons. The Balaban J connectivity index is 2.05. The molecule has 3 rings (SSSR count). The first-order valence-electron chi connectivity index (χ1n) is 7.52. The van der Waals surface area contributed by atoms with E-state index in [0.717, 1.165) is 6.20 Å². The van der Waals surface area contributed by atoms with Crippen molar-refractivity contribution in [2.45, 2.75) is 18.3 Å². The number of aromatic nitrogens is 1. The van der Waals surface area contributed by atoms with Crippen LogP contribution in [-0.4, -0.2) is 45.7 Å². The lowest BCUT2D eigenvalue weighted by molar-refractivity contribution is -0.297. The number of hydrogen-bond donors (Lipinski definition) is 1. The van der Waals surface area contributed by atoms with E-state index in [1.54, 1.807) is 12.1 Å². The lowest BCUT2D eigenvalue weighted by Crippen LogP contribution is -2.56. The summed E-state index contributed by atoms with van der Waals surface area (Å²) in [5, 5.41) is 14.1. The van der Waals surface area contributed by atoms with Crippen molar-refractivity contribution in [3.8, 4) is 5.75 Å². The van der Waals surface area contributed by atoms with E-state index in [9.17, 15) is 23.1 Å². The first-order valence-corrected chi connectivity index (χ1v) is 7.52. The predicted molar refractivity (Wildman–Crippen MR) is 85.6 cm³/mol. The molecule has 1 aromatic heterocycles. The maximum atomic E-state index is 13.5. The third-order valence-corrected chi connectivity index (χ3v) is 3.94. The first kappa shape index (κ1) is 17.9. The van der Waals surface area contributed by atoms with Crippen LogP contribution in [0.1, 0.15) is 22.3 Å². The van der Waals surface area contributed by atoms with Crippen molar-refractivity contribution in [3.05, 3.63) is 59.9 Å². The molecule has 0 aliphatic carbocycles. The Hall–Kier alpha value is -2.94. The molecule has 6 nitrogen and oxygen atoms in total. The lowest BCUT2D eigenvalue weighted by atomic mass is 10.0. The largest absolute Gasteiger partial charge is 0.497 e. The number of halogens is 3. The van der Waals surface area contributed by atoms with Gasteiger partial charge >= 0.3 is 6.18 Å². The van der Waals surface area contributed by atoms with Gasteiger partial charge < -0.3 is 9.84 Å². The molecular weight excluding hydrogens is 351 g/mol. The van der Waals surface area contributed by atoms with Gasteiger partial charge in [-0.05, 0) is 24.3 Å². The molecule has 1 N–H and O–H groups in total. The summed E-state index contributed by atoms with van der Waals surface area (Å²) in [5.41, 5.74) is -3.33. The molecule has 0 saturated heterocycles. The van der Waals surface area contributed by atoms with E-state index in [1.807, 2.05) is 0 Å². The number of hydrazone groups is 1. The van der Waals surface area contributed by atoms with Crippen LogP contribution in [0.2, 0.25) is 0 Å². The van der Waals surface area contributed by atoms with Crippen molar-refractivity contribution in [1.82, 2.24) is 9.99 Å². The van der Waals surface area contributed by atoms with Gasteiger partial charge in [0.15, 0.2) is 0 Å². The number of amides is 1. The second-order valence-corrected chi connectivity index (χ2v) is 5.63. The molecule has 2 heterocycles. The number of aliphatic hydroxyl groups is 1. The van der Waals surface area contributed by atoms with E-state index in [2.05, 4.69) is 10.1 Å². The minimum atomic E-state index is -5.10. The lowest BCUT2D eigenvalue weighted by Gasteiger charge is -2.32. The monoisotopic (exact) mass is 365 g/mol. The van der Waals surface area contributed by atoms with Gasteiger partial charge in [-0.1, -0.05) is 12.1 Å². The highest BCUT2D eigenvalue weighted by Crippen LogP contribution is 2.42. The summed E-state index contributed by atoms with van der Waals surface area (Å²) in [6.45, 7) is 0. The van der Waals surface area contributed by atoms with Crippen LogP contribution in [0, 0.1) is 0 Å². The van der Waals surface area contributed by atoms with Gasteiger partial charge in [0.2, 0.25) is 0 Å². The van der Waals surface area contributed by atoms with E-state index >= 15 is 0 Å². The third-order valence-electron chi connectivity index (χ3n) is 3.94. The molecule has 0 saturated carbocycles. The Morgan fingerprint density at radius 1 is 1.31 bits per heavy atom. The van der Waals surface area contributed by atoms with Crippen LogP contribution < -0.4 is 4.74 Å². The normalized spacial score (nSPS) is 20.0. The van der Waals surface area contributed by atoms with Crippen LogP contribution in [0.25, 0.3) is 0 Å². The molecule has 1 aliphatic rings. The van der Waals surface area contributed by atoms with Crippen molar-refractivity contribution in [3.63, 3.8) is 0 Å². The summed E-state index contributed by atoms with van der Waals surface area (Å²) in [5.74, 6) is -0.686. The second kappa shape index (κ2) is 6.41. The van der Waals surface area contributed by atoms with Crippen molar-refractivity contribution < 1.29 is 27.8 Å². The van der Waals surface area contributed by atoms with Gasteiger partial charge in [0.05, 0.1) is 24.8 Å². The quantitative estimate of drug-likeness (QED) is 0.907. The van der Waals surface area contributed by atoms with Crippen molar-refractivity contribution in [1.29, 1.82) is 0 Å². The fourth-order valence-electron chi connectivity index (χ4n) is 2.55. The van der Waals surface area contributed by atoms with Crippen LogP contribution in [0.5, 0.6) is 5.75 Å². The Labute approximate surface area is 146 Å².